The van der Waals surface area contributed by atoms with Crippen LogP contribution in [0, 0.1) is 0 Å². The fourth-order valence-electron chi connectivity index (χ4n) is 3.22. The van der Waals surface area contributed by atoms with Crippen LogP contribution in [-0.4, -0.2) is 45.7 Å². The zero-order chi connectivity index (χ0) is 21.8. The van der Waals surface area contributed by atoms with Gasteiger partial charge in [0.15, 0.2) is 5.13 Å². The van der Waals surface area contributed by atoms with E-state index in [1.807, 2.05) is 4.90 Å². The summed E-state index contributed by atoms with van der Waals surface area (Å²) in [5.41, 5.74) is 7.49. The molecule has 1 aromatic carbocycles. The summed E-state index contributed by atoms with van der Waals surface area (Å²) in [7, 11) is 0. The van der Waals surface area contributed by atoms with Crippen molar-refractivity contribution in [3.05, 3.63) is 70.5 Å². The van der Waals surface area contributed by atoms with Gasteiger partial charge in [0, 0.05) is 41.8 Å². The number of aromatic nitrogens is 2. The molecular weight excluding hydrogens is 416 g/mol. The number of primary amides is 1. The van der Waals surface area contributed by atoms with Crippen LogP contribution in [0.3, 0.4) is 0 Å². The molecule has 0 fully saturated rings. The minimum atomic E-state index is -0.512. The van der Waals surface area contributed by atoms with Crippen LogP contribution in [0.5, 0.6) is 0 Å². The molecule has 3 amide bonds. The van der Waals surface area contributed by atoms with Crippen molar-refractivity contribution >= 4 is 39.9 Å². The third-order valence-corrected chi connectivity index (χ3v) is 5.75. The maximum absolute atomic E-state index is 12.4. The number of amides is 3. The van der Waals surface area contributed by atoms with Gasteiger partial charge in [0.2, 0.25) is 11.8 Å². The molecule has 9 nitrogen and oxygen atoms in total. The van der Waals surface area contributed by atoms with Gasteiger partial charge >= 0.3 is 0 Å². The SMILES string of the molecule is NC(=O)c1ccc(NC(=O)CN2CCc3nc(NC(=O)c4ccccn4)sc3C2)cc1. The molecule has 3 aromatic rings. The number of thiazole rings is 1. The standard InChI is InChI=1S/C21H20N6O3S/c22-19(29)13-4-6-14(7-5-13)24-18(28)12-27-10-8-15-17(11-27)31-21(25-15)26-20(30)16-3-1-2-9-23-16/h1-7,9H,8,10-12H2,(H2,22,29)(H,24,28)(H,25,26,30). The molecule has 0 unspecified atom stereocenters. The number of hydrogen-bond acceptors (Lipinski definition) is 7. The van der Waals surface area contributed by atoms with Crippen molar-refractivity contribution in [1.29, 1.82) is 0 Å². The molecule has 1 aliphatic rings. The molecule has 3 heterocycles. The zero-order valence-electron chi connectivity index (χ0n) is 16.5. The number of nitrogens with zero attached hydrogens (tertiary/aromatic N) is 3. The quantitative estimate of drug-likeness (QED) is 0.541. The molecule has 1 aliphatic heterocycles. The summed E-state index contributed by atoms with van der Waals surface area (Å²) in [6, 6.07) is 11.6. The highest BCUT2D eigenvalue weighted by Crippen LogP contribution is 2.28. The monoisotopic (exact) mass is 436 g/mol. The fourth-order valence-corrected chi connectivity index (χ4v) is 4.26. The number of carbonyl (C=O) groups is 3. The third kappa shape index (κ3) is 5.11. The number of fused-ring (bicyclic) bond motifs is 1. The van der Waals surface area contributed by atoms with Crippen molar-refractivity contribution < 1.29 is 14.4 Å². The van der Waals surface area contributed by atoms with Crippen LogP contribution in [-0.2, 0) is 17.8 Å². The number of carbonyl (C=O) groups excluding carboxylic acids is 3. The normalized spacial score (nSPS) is 13.3. The average molecular weight is 436 g/mol. The van der Waals surface area contributed by atoms with Crippen LogP contribution in [0.15, 0.2) is 48.7 Å². The molecule has 0 aliphatic carbocycles. The Morgan fingerprint density at radius 2 is 1.90 bits per heavy atom. The van der Waals surface area contributed by atoms with E-state index in [0.717, 1.165) is 10.6 Å². The Bertz CT molecular complexity index is 1110. The number of nitrogens with one attached hydrogen (secondary N) is 2. The smallest absolute Gasteiger partial charge is 0.276 e. The van der Waals surface area contributed by atoms with Crippen molar-refractivity contribution in [2.75, 3.05) is 23.7 Å². The molecule has 158 valence electrons. The summed E-state index contributed by atoms with van der Waals surface area (Å²) in [6.45, 7) is 1.50. The number of nitrogens with two attached hydrogens (primary N) is 1. The van der Waals surface area contributed by atoms with Crippen LogP contribution in [0.25, 0.3) is 0 Å². The minimum absolute atomic E-state index is 0.150. The maximum Gasteiger partial charge on any atom is 0.276 e. The van der Waals surface area contributed by atoms with E-state index >= 15 is 0 Å². The first kappa shape index (κ1) is 20.6. The lowest BCUT2D eigenvalue weighted by Crippen LogP contribution is -2.36. The highest BCUT2D eigenvalue weighted by molar-refractivity contribution is 7.15. The van der Waals surface area contributed by atoms with Crippen molar-refractivity contribution in [2.24, 2.45) is 5.73 Å². The first-order valence-corrected chi connectivity index (χ1v) is 10.4. The van der Waals surface area contributed by atoms with Crippen LogP contribution >= 0.6 is 11.3 Å². The Balaban J connectivity index is 1.33. The van der Waals surface area contributed by atoms with E-state index in [2.05, 4.69) is 20.6 Å². The number of benzene rings is 1. The van der Waals surface area contributed by atoms with Crippen LogP contribution in [0.4, 0.5) is 10.8 Å². The maximum atomic E-state index is 12.4. The van der Waals surface area contributed by atoms with E-state index in [9.17, 15) is 14.4 Å². The Hall–Kier alpha value is -3.63. The molecule has 4 N–H and O–H groups in total. The van der Waals surface area contributed by atoms with Crippen LogP contribution < -0.4 is 16.4 Å². The second kappa shape index (κ2) is 9.02. The van der Waals surface area contributed by atoms with Crippen molar-refractivity contribution in [3.8, 4) is 0 Å². The molecule has 0 saturated heterocycles. The van der Waals surface area contributed by atoms with E-state index in [4.69, 9.17) is 5.73 Å². The summed E-state index contributed by atoms with van der Waals surface area (Å²) >= 11 is 1.41. The van der Waals surface area contributed by atoms with Crippen LogP contribution in [0.2, 0.25) is 0 Å². The Morgan fingerprint density at radius 1 is 1.10 bits per heavy atom. The largest absolute Gasteiger partial charge is 0.366 e. The fraction of sp³-hybridized carbons (Fsp3) is 0.190. The predicted octanol–water partition coefficient (Wildman–Crippen LogP) is 1.89. The highest BCUT2D eigenvalue weighted by atomic mass is 32.1. The Labute approximate surface area is 182 Å². The molecule has 0 saturated carbocycles. The summed E-state index contributed by atoms with van der Waals surface area (Å²) in [6.07, 6.45) is 2.27. The van der Waals surface area contributed by atoms with Gasteiger partial charge in [-0.1, -0.05) is 6.07 Å². The zero-order valence-corrected chi connectivity index (χ0v) is 17.3. The summed E-state index contributed by atoms with van der Waals surface area (Å²) < 4.78 is 0. The van der Waals surface area contributed by atoms with Gasteiger partial charge in [-0.05, 0) is 36.4 Å². The Morgan fingerprint density at radius 3 is 2.61 bits per heavy atom. The van der Waals surface area contributed by atoms with Crippen molar-refractivity contribution in [2.45, 2.75) is 13.0 Å². The van der Waals surface area contributed by atoms with Crippen molar-refractivity contribution in [1.82, 2.24) is 14.9 Å². The summed E-state index contributed by atoms with van der Waals surface area (Å²) in [5, 5.41) is 6.14. The molecule has 0 spiro atoms. The number of hydrogen-bond donors (Lipinski definition) is 3. The molecule has 31 heavy (non-hydrogen) atoms. The van der Waals surface area contributed by atoms with Gasteiger partial charge in [-0.15, -0.1) is 11.3 Å². The molecule has 4 rings (SSSR count). The van der Waals surface area contributed by atoms with E-state index in [1.54, 1.807) is 48.7 Å². The lowest BCUT2D eigenvalue weighted by molar-refractivity contribution is -0.117. The molecule has 0 bridgehead atoms. The van der Waals surface area contributed by atoms with Gasteiger partial charge in [-0.2, -0.15) is 0 Å². The van der Waals surface area contributed by atoms with Crippen LogP contribution in [0.1, 0.15) is 31.4 Å². The Kier molecular flexibility index (Phi) is 6.01. The van der Waals surface area contributed by atoms with Gasteiger partial charge in [-0.25, -0.2) is 4.98 Å². The molecule has 2 aromatic heterocycles. The first-order chi connectivity index (χ1) is 15.0. The van der Waals surface area contributed by atoms with Gasteiger partial charge in [0.25, 0.3) is 5.91 Å². The van der Waals surface area contributed by atoms with E-state index in [0.29, 0.717) is 41.6 Å². The highest BCUT2D eigenvalue weighted by Gasteiger charge is 2.23. The summed E-state index contributed by atoms with van der Waals surface area (Å²) in [5.74, 6) is -0.962. The predicted molar refractivity (Wildman–Crippen MR) is 117 cm³/mol. The van der Waals surface area contributed by atoms with Gasteiger partial charge < -0.3 is 11.1 Å². The molecule has 0 atom stereocenters. The van der Waals surface area contributed by atoms with E-state index < -0.39 is 5.91 Å². The van der Waals surface area contributed by atoms with E-state index in [-0.39, 0.29) is 18.4 Å². The second-order valence-corrected chi connectivity index (χ2v) is 8.09. The second-order valence-electron chi connectivity index (χ2n) is 7.01. The molecular formula is C21H20N6O3S. The number of anilines is 2. The summed E-state index contributed by atoms with van der Waals surface area (Å²) in [4.78, 5) is 47.4. The number of rotatable bonds is 6. The first-order valence-electron chi connectivity index (χ1n) is 9.61. The molecule has 0 radical (unpaired) electrons. The number of pyridine rings is 1. The minimum Gasteiger partial charge on any atom is -0.366 e. The lowest BCUT2D eigenvalue weighted by Gasteiger charge is -2.25. The average Bonchev–Trinajstić information content (AvgIpc) is 3.16. The third-order valence-electron chi connectivity index (χ3n) is 4.75. The van der Waals surface area contributed by atoms with Gasteiger partial charge in [-0.3, -0.25) is 29.6 Å². The van der Waals surface area contributed by atoms with Crippen molar-refractivity contribution in [3.63, 3.8) is 0 Å². The van der Waals surface area contributed by atoms with Gasteiger partial charge in [0.05, 0.1) is 12.2 Å². The topological polar surface area (TPSA) is 130 Å². The van der Waals surface area contributed by atoms with Gasteiger partial charge in [0.1, 0.15) is 5.69 Å². The molecule has 10 heteroatoms. The van der Waals surface area contributed by atoms with E-state index in [1.165, 1.54) is 11.3 Å². The lowest BCUT2D eigenvalue weighted by atomic mass is 10.2.